The van der Waals surface area contributed by atoms with Gasteiger partial charge in [-0.1, -0.05) is 6.07 Å². The third-order valence-corrected chi connectivity index (χ3v) is 3.66. The number of hydrogen-bond acceptors (Lipinski definition) is 4. The number of imidazole rings is 1. The van der Waals surface area contributed by atoms with E-state index in [1.165, 1.54) is 12.3 Å². The molecular formula is C16H13FN6. The maximum absolute atomic E-state index is 13.7. The van der Waals surface area contributed by atoms with Crippen LogP contribution in [0.15, 0.2) is 49.1 Å². The molecule has 0 fully saturated rings. The molecule has 0 aliphatic heterocycles. The van der Waals surface area contributed by atoms with Gasteiger partial charge < -0.3 is 10.3 Å². The van der Waals surface area contributed by atoms with Crippen LogP contribution in [0, 0.1) is 5.82 Å². The summed E-state index contributed by atoms with van der Waals surface area (Å²) in [7, 11) is 0. The Labute approximate surface area is 130 Å². The summed E-state index contributed by atoms with van der Waals surface area (Å²) in [6.45, 7) is 0.490. The molecule has 0 spiro atoms. The van der Waals surface area contributed by atoms with Crippen LogP contribution in [0.25, 0.3) is 22.3 Å². The fourth-order valence-electron chi connectivity index (χ4n) is 2.53. The second kappa shape index (κ2) is 5.53. The minimum Gasteiger partial charge on any atom is -0.365 e. The summed E-state index contributed by atoms with van der Waals surface area (Å²) in [4.78, 5) is 11.7. The van der Waals surface area contributed by atoms with Crippen molar-refractivity contribution in [3.63, 3.8) is 0 Å². The van der Waals surface area contributed by atoms with E-state index < -0.39 is 0 Å². The minimum absolute atomic E-state index is 0.286. The van der Waals surface area contributed by atoms with Crippen molar-refractivity contribution in [1.82, 2.24) is 25.1 Å². The number of anilines is 1. The zero-order valence-electron chi connectivity index (χ0n) is 12.0. The number of H-pyrrole nitrogens is 2. The number of rotatable bonds is 4. The van der Waals surface area contributed by atoms with Crippen molar-refractivity contribution in [1.29, 1.82) is 0 Å². The van der Waals surface area contributed by atoms with Crippen molar-refractivity contribution in [3.8, 4) is 11.4 Å². The third-order valence-electron chi connectivity index (χ3n) is 3.66. The van der Waals surface area contributed by atoms with Gasteiger partial charge in [0.05, 0.1) is 22.7 Å². The zero-order valence-corrected chi connectivity index (χ0v) is 12.0. The average Bonchev–Trinajstić information content (AvgIpc) is 3.27. The Morgan fingerprint density at radius 1 is 1.13 bits per heavy atom. The van der Waals surface area contributed by atoms with Crippen molar-refractivity contribution in [3.05, 3.63) is 60.4 Å². The number of pyridine rings is 1. The molecule has 114 valence electrons. The van der Waals surface area contributed by atoms with Crippen molar-refractivity contribution in [2.45, 2.75) is 6.54 Å². The number of fused-ring (bicyclic) bond motifs is 1. The van der Waals surface area contributed by atoms with Gasteiger partial charge in [0.25, 0.3) is 0 Å². The summed E-state index contributed by atoms with van der Waals surface area (Å²) in [6, 6.07) is 6.97. The van der Waals surface area contributed by atoms with Gasteiger partial charge in [-0.05, 0) is 23.8 Å². The maximum atomic E-state index is 13.7. The van der Waals surface area contributed by atoms with Crippen LogP contribution in [0.1, 0.15) is 5.56 Å². The topological polar surface area (TPSA) is 82.3 Å². The summed E-state index contributed by atoms with van der Waals surface area (Å²) in [5.41, 5.74) is 2.48. The average molecular weight is 308 g/mol. The van der Waals surface area contributed by atoms with Crippen LogP contribution < -0.4 is 5.32 Å². The molecule has 3 N–H and O–H groups in total. The van der Waals surface area contributed by atoms with Crippen LogP contribution in [-0.4, -0.2) is 25.1 Å². The van der Waals surface area contributed by atoms with Gasteiger partial charge in [0, 0.05) is 25.1 Å². The molecule has 4 aromatic rings. The summed E-state index contributed by atoms with van der Waals surface area (Å²) in [5.74, 6) is 1.16. The van der Waals surface area contributed by atoms with E-state index in [0.29, 0.717) is 23.3 Å². The summed E-state index contributed by atoms with van der Waals surface area (Å²) in [6.07, 6.45) is 6.66. The predicted molar refractivity (Wildman–Crippen MR) is 85.2 cm³/mol. The number of benzene rings is 1. The number of nitrogens with one attached hydrogen (secondary N) is 3. The van der Waals surface area contributed by atoms with Gasteiger partial charge in [-0.3, -0.25) is 5.10 Å². The molecule has 23 heavy (non-hydrogen) atoms. The lowest BCUT2D eigenvalue weighted by atomic mass is 10.1. The Morgan fingerprint density at radius 3 is 2.96 bits per heavy atom. The SMILES string of the molecule is Fc1ccc(CNc2ncccc2-c2ncc[nH]2)c2[nH]ncc12. The van der Waals surface area contributed by atoms with Gasteiger partial charge in [-0.2, -0.15) is 5.10 Å². The number of aromatic amines is 2. The van der Waals surface area contributed by atoms with Crippen LogP contribution in [0.4, 0.5) is 10.2 Å². The van der Waals surface area contributed by atoms with Crippen molar-refractivity contribution < 1.29 is 4.39 Å². The molecule has 0 aliphatic carbocycles. The van der Waals surface area contributed by atoms with Gasteiger partial charge in [0.1, 0.15) is 17.5 Å². The molecule has 1 aromatic carbocycles. The summed E-state index contributed by atoms with van der Waals surface area (Å²) >= 11 is 0. The van der Waals surface area contributed by atoms with Crippen molar-refractivity contribution >= 4 is 16.7 Å². The molecule has 4 rings (SSSR count). The number of hydrogen-bond donors (Lipinski definition) is 3. The molecular weight excluding hydrogens is 295 g/mol. The molecule has 0 amide bonds. The molecule has 0 aliphatic rings. The van der Waals surface area contributed by atoms with E-state index in [0.717, 1.165) is 17.0 Å². The van der Waals surface area contributed by atoms with Gasteiger partial charge in [-0.15, -0.1) is 0 Å². The standard InChI is InChI=1S/C16H13FN6/c17-13-4-3-10(14-12(13)9-22-23-14)8-21-16-11(2-1-5-18-16)15-19-6-7-20-15/h1-7,9H,8H2,(H,18,21)(H,19,20)(H,22,23). The Morgan fingerprint density at radius 2 is 2.09 bits per heavy atom. The molecule has 0 saturated heterocycles. The van der Waals surface area contributed by atoms with Crippen LogP contribution in [0.2, 0.25) is 0 Å². The predicted octanol–water partition coefficient (Wildman–Crippen LogP) is 3.10. The van der Waals surface area contributed by atoms with E-state index in [4.69, 9.17) is 0 Å². The number of nitrogens with zero attached hydrogens (tertiary/aromatic N) is 3. The highest BCUT2D eigenvalue weighted by Gasteiger charge is 2.10. The third kappa shape index (κ3) is 2.42. The molecule has 3 aromatic heterocycles. The first-order valence-electron chi connectivity index (χ1n) is 7.12. The van der Waals surface area contributed by atoms with Gasteiger partial charge >= 0.3 is 0 Å². The lowest BCUT2D eigenvalue weighted by Crippen LogP contribution is -2.04. The Kier molecular flexibility index (Phi) is 3.23. The molecule has 3 heterocycles. The van der Waals surface area contributed by atoms with E-state index in [1.807, 2.05) is 12.1 Å². The molecule has 6 nitrogen and oxygen atoms in total. The highest BCUT2D eigenvalue weighted by molar-refractivity contribution is 5.82. The van der Waals surface area contributed by atoms with Crippen LogP contribution in [0.5, 0.6) is 0 Å². The van der Waals surface area contributed by atoms with Crippen LogP contribution in [0.3, 0.4) is 0 Å². The Bertz CT molecular complexity index is 944. The quantitative estimate of drug-likeness (QED) is 0.541. The lowest BCUT2D eigenvalue weighted by molar-refractivity contribution is 0.639. The van der Waals surface area contributed by atoms with E-state index >= 15 is 0 Å². The van der Waals surface area contributed by atoms with Crippen LogP contribution in [-0.2, 0) is 6.54 Å². The Hall–Kier alpha value is -3.22. The normalized spacial score (nSPS) is 11.0. The smallest absolute Gasteiger partial charge is 0.141 e. The summed E-state index contributed by atoms with van der Waals surface area (Å²) < 4.78 is 13.7. The lowest BCUT2D eigenvalue weighted by Gasteiger charge is -2.10. The first-order valence-corrected chi connectivity index (χ1v) is 7.12. The first-order chi connectivity index (χ1) is 11.3. The van der Waals surface area contributed by atoms with Crippen molar-refractivity contribution in [2.75, 3.05) is 5.32 Å². The van der Waals surface area contributed by atoms with Crippen molar-refractivity contribution in [2.24, 2.45) is 0 Å². The van der Waals surface area contributed by atoms with Gasteiger partial charge in [-0.25, -0.2) is 14.4 Å². The Balaban J connectivity index is 1.65. The fraction of sp³-hybridized carbons (Fsp3) is 0.0625. The highest BCUT2D eigenvalue weighted by Crippen LogP contribution is 2.24. The fourth-order valence-corrected chi connectivity index (χ4v) is 2.53. The van der Waals surface area contributed by atoms with E-state index in [1.54, 1.807) is 24.7 Å². The maximum Gasteiger partial charge on any atom is 0.141 e. The minimum atomic E-state index is -0.286. The zero-order chi connectivity index (χ0) is 15.6. The second-order valence-electron chi connectivity index (χ2n) is 5.06. The monoisotopic (exact) mass is 308 g/mol. The van der Waals surface area contributed by atoms with E-state index in [-0.39, 0.29) is 5.82 Å². The molecule has 0 atom stereocenters. The highest BCUT2D eigenvalue weighted by atomic mass is 19.1. The first kappa shape index (κ1) is 13.4. The largest absolute Gasteiger partial charge is 0.365 e. The van der Waals surface area contributed by atoms with E-state index in [2.05, 4.69) is 30.5 Å². The van der Waals surface area contributed by atoms with Crippen LogP contribution >= 0.6 is 0 Å². The molecule has 0 bridgehead atoms. The molecule has 7 heteroatoms. The summed E-state index contributed by atoms with van der Waals surface area (Å²) in [5, 5.41) is 10.5. The second-order valence-corrected chi connectivity index (χ2v) is 5.06. The molecule has 0 saturated carbocycles. The molecule has 0 radical (unpaired) electrons. The van der Waals surface area contributed by atoms with E-state index in [9.17, 15) is 4.39 Å². The number of aromatic nitrogens is 5. The van der Waals surface area contributed by atoms with Gasteiger partial charge in [0.2, 0.25) is 0 Å². The number of halogens is 1. The van der Waals surface area contributed by atoms with Gasteiger partial charge in [0.15, 0.2) is 0 Å². The molecule has 0 unspecified atom stereocenters.